The number of fused-ring (bicyclic) bond motifs is 3. The van der Waals surface area contributed by atoms with Gasteiger partial charge in [-0.1, -0.05) is 145 Å². The van der Waals surface area contributed by atoms with E-state index in [1.807, 2.05) is 48.5 Å². The van der Waals surface area contributed by atoms with Gasteiger partial charge in [0.25, 0.3) is 5.69 Å². The fraction of sp³-hybridized carbons (Fsp3) is 0.556. The Bertz CT molecular complexity index is 2090. The summed E-state index contributed by atoms with van der Waals surface area (Å²) in [5.41, 5.74) is 10.2. The Kier molecular flexibility index (Phi) is 25.5. The van der Waals surface area contributed by atoms with E-state index < -0.39 is 52.8 Å². The number of carbonyl (C=O) groups is 6. The van der Waals surface area contributed by atoms with E-state index in [-0.39, 0.29) is 50.0 Å². The number of benzene rings is 3. The number of nitrogens with zero attached hydrogens (tertiary/aromatic N) is 1. The van der Waals surface area contributed by atoms with Gasteiger partial charge in [-0.3, -0.25) is 29.3 Å². The molecule has 6 N–H and O–H groups in total. The van der Waals surface area contributed by atoms with Crippen molar-refractivity contribution < 1.29 is 43.2 Å². The number of unbranched alkanes of at least 4 members (excludes halogenated alkanes) is 15. The number of esters is 1. The number of nitro benzene ring substituents is 1. The van der Waals surface area contributed by atoms with E-state index in [1.165, 1.54) is 108 Å². The normalized spacial score (nSPS) is 12.9. The maximum atomic E-state index is 13.3. The van der Waals surface area contributed by atoms with Gasteiger partial charge in [0.05, 0.1) is 4.92 Å². The molecular weight excluding hydrogens is 893 g/mol. The van der Waals surface area contributed by atoms with E-state index in [9.17, 15) is 38.9 Å². The predicted octanol–water partition coefficient (Wildman–Crippen LogP) is 9.35. The number of rotatable bonds is 35. The lowest BCUT2D eigenvalue weighted by molar-refractivity contribution is -0.384. The highest BCUT2D eigenvalue weighted by molar-refractivity contribution is 5.91. The zero-order valence-electron chi connectivity index (χ0n) is 41.3. The average Bonchev–Trinajstić information content (AvgIpc) is 3.67. The molecule has 1 aliphatic carbocycles. The van der Waals surface area contributed by atoms with E-state index in [2.05, 4.69) is 28.2 Å². The molecule has 3 atom stereocenters. The molecule has 382 valence electrons. The van der Waals surface area contributed by atoms with Crippen molar-refractivity contribution in [3.8, 4) is 11.1 Å². The molecule has 1 aliphatic rings. The highest BCUT2D eigenvalue weighted by atomic mass is 16.6. The zero-order valence-corrected chi connectivity index (χ0v) is 41.3. The number of amides is 5. The van der Waals surface area contributed by atoms with E-state index in [0.29, 0.717) is 31.4 Å². The second kappa shape index (κ2) is 31.7. The number of nitrogens with two attached hydrogens (primary N) is 1. The number of hydrogen-bond donors (Lipinski definition) is 5. The number of nitro groups is 1. The fourth-order valence-electron chi connectivity index (χ4n) is 8.67. The summed E-state index contributed by atoms with van der Waals surface area (Å²) in [4.78, 5) is 87.9. The number of primary amides is 1. The van der Waals surface area contributed by atoms with E-state index in [1.54, 1.807) is 0 Å². The van der Waals surface area contributed by atoms with Crippen LogP contribution in [-0.2, 0) is 40.1 Å². The number of ether oxygens (including phenoxy) is 2. The van der Waals surface area contributed by atoms with Crippen LogP contribution in [0, 0.1) is 10.1 Å². The van der Waals surface area contributed by atoms with Gasteiger partial charge in [-0.05, 0) is 79.0 Å². The van der Waals surface area contributed by atoms with Gasteiger partial charge in [0.2, 0.25) is 23.6 Å². The molecule has 0 aliphatic heterocycles. The molecule has 0 bridgehead atoms. The van der Waals surface area contributed by atoms with Crippen LogP contribution in [0.4, 0.5) is 10.5 Å². The Balaban J connectivity index is 1.16. The molecule has 0 radical (unpaired) electrons. The van der Waals surface area contributed by atoms with Crippen molar-refractivity contribution in [1.82, 2.24) is 21.3 Å². The van der Waals surface area contributed by atoms with Gasteiger partial charge in [-0.2, -0.15) is 0 Å². The Morgan fingerprint density at radius 3 is 1.74 bits per heavy atom. The molecule has 16 heteroatoms. The van der Waals surface area contributed by atoms with Crippen LogP contribution < -0.4 is 27.0 Å². The van der Waals surface area contributed by atoms with Crippen molar-refractivity contribution in [2.45, 2.75) is 179 Å². The van der Waals surface area contributed by atoms with Crippen molar-refractivity contribution in [2.75, 3.05) is 13.2 Å². The predicted molar refractivity (Wildman–Crippen MR) is 269 cm³/mol. The first-order chi connectivity index (χ1) is 33.9. The van der Waals surface area contributed by atoms with Gasteiger partial charge >= 0.3 is 12.1 Å². The van der Waals surface area contributed by atoms with E-state index in [0.717, 1.165) is 41.5 Å². The highest BCUT2D eigenvalue weighted by Gasteiger charge is 2.30. The minimum absolute atomic E-state index is 0.0273. The van der Waals surface area contributed by atoms with Crippen LogP contribution in [0.1, 0.15) is 171 Å². The maximum absolute atomic E-state index is 13.3. The van der Waals surface area contributed by atoms with Crippen LogP contribution in [-0.4, -0.2) is 71.9 Å². The van der Waals surface area contributed by atoms with Gasteiger partial charge in [0.15, 0.2) is 0 Å². The van der Waals surface area contributed by atoms with Gasteiger partial charge in [0.1, 0.15) is 31.3 Å². The third-order valence-electron chi connectivity index (χ3n) is 12.8. The van der Waals surface area contributed by atoms with Crippen LogP contribution in [0.3, 0.4) is 0 Å². The molecule has 0 aromatic heterocycles. The topological polar surface area (TPSA) is 238 Å². The molecule has 5 amide bonds. The maximum Gasteiger partial charge on any atom is 0.407 e. The molecule has 0 saturated carbocycles. The summed E-state index contributed by atoms with van der Waals surface area (Å²) in [5.74, 6) is -3.20. The number of carbonyl (C=O) groups excluding carboxylic acids is 6. The van der Waals surface area contributed by atoms with Crippen molar-refractivity contribution in [2.24, 2.45) is 5.73 Å². The standard InChI is InChI=1S/C54H76N6O10/c1-3-4-5-6-7-8-9-10-11-12-13-14-15-16-17-29-49(61)56-36-23-22-28-48(53(65)69-37-40-30-32-41(33-31-40)60(67)68)58-50(62)35-34-47(51(55)63)59-52(64)39(2)57-54(66)70-38-46-44-26-20-18-24-42(44)43-25-19-21-27-45(43)46/h18-21,24-27,30-33,39,46-48H,3-17,22-23,28-29,34-38H2,1-2H3,(H2,55,63)(H,56,61)(H,57,66)(H,58,62)(H,59,64)/t39-,47+,48-/m0/s1. The SMILES string of the molecule is CCCCCCCCCCCCCCCCCC(=O)NCCCC[C@H](NC(=O)CC[C@@H](NC(=O)[C@H](C)NC(=O)OCC1c2ccccc2-c2ccccc21)C(N)=O)C(=O)OCc1ccc([N+](=O)[O-])cc1. The third kappa shape index (κ3) is 20.3. The lowest BCUT2D eigenvalue weighted by Gasteiger charge is -2.21. The first kappa shape index (κ1) is 56.3. The summed E-state index contributed by atoms with van der Waals surface area (Å²) in [6, 6.07) is 17.8. The molecule has 0 saturated heterocycles. The molecule has 0 heterocycles. The van der Waals surface area contributed by atoms with Crippen LogP contribution in [0.15, 0.2) is 72.8 Å². The summed E-state index contributed by atoms with van der Waals surface area (Å²) < 4.78 is 11.0. The molecule has 0 unspecified atom stereocenters. The highest BCUT2D eigenvalue weighted by Crippen LogP contribution is 2.44. The van der Waals surface area contributed by atoms with Gasteiger partial charge < -0.3 is 36.5 Å². The summed E-state index contributed by atoms with van der Waals surface area (Å²) in [5, 5.41) is 21.6. The molecule has 4 rings (SSSR count). The fourth-order valence-corrected chi connectivity index (χ4v) is 8.67. The monoisotopic (exact) mass is 969 g/mol. The lowest BCUT2D eigenvalue weighted by atomic mass is 9.98. The van der Waals surface area contributed by atoms with Crippen molar-refractivity contribution in [3.05, 3.63) is 99.6 Å². The number of nitrogens with one attached hydrogen (secondary N) is 4. The van der Waals surface area contributed by atoms with Gasteiger partial charge in [0, 0.05) is 37.4 Å². The quantitative estimate of drug-likeness (QED) is 0.0162. The molecule has 0 spiro atoms. The lowest BCUT2D eigenvalue weighted by Crippen LogP contribution is -2.52. The van der Waals surface area contributed by atoms with Crippen LogP contribution >= 0.6 is 0 Å². The van der Waals surface area contributed by atoms with Crippen molar-refractivity contribution in [1.29, 1.82) is 0 Å². The molecule has 3 aromatic rings. The minimum atomic E-state index is -1.28. The van der Waals surface area contributed by atoms with E-state index >= 15 is 0 Å². The van der Waals surface area contributed by atoms with Crippen LogP contribution in [0.2, 0.25) is 0 Å². The summed E-state index contributed by atoms with van der Waals surface area (Å²) >= 11 is 0. The number of non-ortho nitro benzene ring substituents is 1. The second-order valence-corrected chi connectivity index (χ2v) is 18.4. The Labute approximate surface area is 413 Å². The average molecular weight is 969 g/mol. The molecule has 0 fully saturated rings. The minimum Gasteiger partial charge on any atom is -0.459 e. The Hall–Kier alpha value is -6.32. The number of hydrogen-bond acceptors (Lipinski definition) is 10. The Morgan fingerprint density at radius 1 is 0.629 bits per heavy atom. The largest absolute Gasteiger partial charge is 0.459 e. The first-order valence-corrected chi connectivity index (χ1v) is 25.5. The van der Waals surface area contributed by atoms with E-state index in [4.69, 9.17) is 15.2 Å². The molecule has 3 aromatic carbocycles. The molecule has 16 nitrogen and oxygen atoms in total. The van der Waals surface area contributed by atoms with Gasteiger partial charge in [-0.15, -0.1) is 0 Å². The smallest absolute Gasteiger partial charge is 0.407 e. The van der Waals surface area contributed by atoms with Crippen molar-refractivity contribution >= 4 is 41.4 Å². The number of alkyl carbamates (subject to hydrolysis) is 1. The third-order valence-corrected chi connectivity index (χ3v) is 12.8. The summed E-state index contributed by atoms with van der Waals surface area (Å²) in [6.45, 7) is 3.90. The molecular formula is C54H76N6O10. The van der Waals surface area contributed by atoms with Gasteiger partial charge in [-0.25, -0.2) is 9.59 Å². The second-order valence-electron chi connectivity index (χ2n) is 18.4. The first-order valence-electron chi connectivity index (χ1n) is 25.5. The van der Waals surface area contributed by atoms with Crippen LogP contribution in [0.25, 0.3) is 11.1 Å². The molecule has 70 heavy (non-hydrogen) atoms. The Morgan fingerprint density at radius 2 is 1.19 bits per heavy atom. The summed E-state index contributed by atoms with van der Waals surface area (Å²) in [6.07, 6.45) is 19.0. The van der Waals surface area contributed by atoms with Crippen molar-refractivity contribution in [3.63, 3.8) is 0 Å². The van der Waals surface area contributed by atoms with Crippen LogP contribution in [0.5, 0.6) is 0 Å². The summed E-state index contributed by atoms with van der Waals surface area (Å²) in [7, 11) is 0. The zero-order chi connectivity index (χ0) is 50.5.